The summed E-state index contributed by atoms with van der Waals surface area (Å²) >= 11 is 0. The van der Waals surface area contributed by atoms with E-state index in [-0.39, 0.29) is 5.78 Å². The van der Waals surface area contributed by atoms with Crippen molar-refractivity contribution in [3.8, 4) is 5.75 Å². The molecule has 0 atom stereocenters. The Labute approximate surface area is 82.9 Å². The van der Waals surface area contributed by atoms with Gasteiger partial charge in [-0.15, -0.1) is 0 Å². The highest BCUT2D eigenvalue weighted by molar-refractivity contribution is 5.88. The van der Waals surface area contributed by atoms with Crippen molar-refractivity contribution in [3.05, 3.63) is 29.8 Å². The largest absolute Gasteiger partial charge is 0.496 e. The van der Waals surface area contributed by atoms with Gasteiger partial charge in [0, 0.05) is 18.4 Å². The van der Waals surface area contributed by atoms with Gasteiger partial charge < -0.3 is 10.5 Å². The van der Waals surface area contributed by atoms with Crippen molar-refractivity contribution in [3.63, 3.8) is 0 Å². The molecule has 1 aromatic carbocycles. The molecule has 3 nitrogen and oxygen atoms in total. The van der Waals surface area contributed by atoms with Crippen LogP contribution in [-0.4, -0.2) is 12.9 Å². The van der Waals surface area contributed by atoms with Crippen molar-refractivity contribution < 1.29 is 9.53 Å². The molecule has 0 unspecified atom stereocenters. The molecule has 0 spiro atoms. The molecule has 3 heteroatoms. The molecule has 0 aliphatic heterocycles. The summed E-state index contributed by atoms with van der Waals surface area (Å²) in [6.45, 7) is 0. The minimum Gasteiger partial charge on any atom is -0.496 e. The van der Waals surface area contributed by atoms with Crippen LogP contribution in [0.4, 0.5) is 0 Å². The number of para-hydroxylation sites is 1. The first-order chi connectivity index (χ1) is 6.65. The van der Waals surface area contributed by atoms with Crippen molar-refractivity contribution in [2.75, 3.05) is 7.11 Å². The van der Waals surface area contributed by atoms with E-state index in [1.807, 2.05) is 24.3 Å². The molecule has 2 N–H and O–H groups in total. The summed E-state index contributed by atoms with van der Waals surface area (Å²) in [6.07, 6.45) is 0.848. The van der Waals surface area contributed by atoms with Gasteiger partial charge in [-0.05, 0) is 6.07 Å². The van der Waals surface area contributed by atoms with E-state index in [4.69, 9.17) is 10.5 Å². The molecule has 14 heavy (non-hydrogen) atoms. The number of hydrogen-bond acceptors (Lipinski definition) is 3. The first-order valence-electron chi connectivity index (χ1n) is 4.60. The molecule has 1 saturated carbocycles. The number of carbonyl (C=O) groups excluding carboxylic acids is 1. The van der Waals surface area contributed by atoms with Crippen LogP contribution < -0.4 is 10.5 Å². The van der Waals surface area contributed by atoms with E-state index >= 15 is 0 Å². The number of hydrogen-bond donors (Lipinski definition) is 1. The fourth-order valence-corrected chi connectivity index (χ4v) is 1.90. The van der Waals surface area contributed by atoms with Crippen LogP contribution in [0.15, 0.2) is 24.3 Å². The number of carbonyl (C=O) groups is 1. The summed E-state index contributed by atoms with van der Waals surface area (Å²) in [7, 11) is 1.61. The third kappa shape index (κ3) is 1.30. The first-order valence-corrected chi connectivity index (χ1v) is 4.60. The number of Topliss-reactive ketones (excluding diaryl/α,β-unsaturated/α-hetero) is 1. The van der Waals surface area contributed by atoms with Crippen molar-refractivity contribution in [2.24, 2.45) is 5.73 Å². The van der Waals surface area contributed by atoms with Crippen molar-refractivity contribution in [1.29, 1.82) is 0 Å². The number of benzene rings is 1. The number of nitrogens with two attached hydrogens (primary N) is 1. The Morgan fingerprint density at radius 3 is 2.57 bits per heavy atom. The molecule has 1 aliphatic carbocycles. The maximum Gasteiger partial charge on any atom is 0.137 e. The van der Waals surface area contributed by atoms with Crippen molar-refractivity contribution >= 4 is 5.78 Å². The van der Waals surface area contributed by atoms with Gasteiger partial charge in [0.15, 0.2) is 0 Å². The second kappa shape index (κ2) is 3.10. The van der Waals surface area contributed by atoms with Crippen LogP contribution in [0.2, 0.25) is 0 Å². The Morgan fingerprint density at radius 2 is 2.00 bits per heavy atom. The lowest BCUT2D eigenvalue weighted by Gasteiger charge is -2.37. The van der Waals surface area contributed by atoms with Crippen LogP contribution in [0.3, 0.4) is 0 Å². The zero-order valence-electron chi connectivity index (χ0n) is 8.12. The van der Waals surface area contributed by atoms with Gasteiger partial charge >= 0.3 is 0 Å². The second-order valence-corrected chi connectivity index (χ2v) is 3.75. The minimum atomic E-state index is -0.496. The molecule has 1 aromatic rings. The molecular weight excluding hydrogens is 178 g/mol. The minimum absolute atomic E-state index is 0.221. The van der Waals surface area contributed by atoms with E-state index in [1.54, 1.807) is 7.11 Å². The average Bonchev–Trinajstić information content (AvgIpc) is 2.15. The molecule has 0 aromatic heterocycles. The van der Waals surface area contributed by atoms with E-state index in [1.165, 1.54) is 0 Å². The summed E-state index contributed by atoms with van der Waals surface area (Å²) in [5, 5.41) is 0. The molecular formula is C11H13NO2. The van der Waals surface area contributed by atoms with E-state index in [2.05, 4.69) is 0 Å². The normalized spacial score (nSPS) is 18.9. The highest BCUT2D eigenvalue weighted by atomic mass is 16.5. The zero-order chi connectivity index (χ0) is 10.2. The van der Waals surface area contributed by atoms with Crippen LogP contribution in [0, 0.1) is 0 Å². The fourth-order valence-electron chi connectivity index (χ4n) is 1.90. The predicted molar refractivity (Wildman–Crippen MR) is 53.1 cm³/mol. The maximum atomic E-state index is 11.0. The number of ketones is 1. The molecule has 0 amide bonds. The molecule has 0 radical (unpaired) electrons. The third-order valence-corrected chi connectivity index (χ3v) is 2.67. The van der Waals surface area contributed by atoms with Crippen molar-refractivity contribution in [2.45, 2.75) is 18.4 Å². The smallest absolute Gasteiger partial charge is 0.137 e. The Kier molecular flexibility index (Phi) is 2.04. The van der Waals surface area contributed by atoms with E-state index < -0.39 is 5.54 Å². The van der Waals surface area contributed by atoms with Crippen LogP contribution in [0.25, 0.3) is 0 Å². The molecule has 1 aliphatic rings. The maximum absolute atomic E-state index is 11.0. The first kappa shape index (κ1) is 9.21. The van der Waals surface area contributed by atoms with Gasteiger partial charge in [0.1, 0.15) is 11.5 Å². The van der Waals surface area contributed by atoms with Gasteiger partial charge in [-0.1, -0.05) is 18.2 Å². The van der Waals surface area contributed by atoms with Gasteiger partial charge in [0.05, 0.1) is 12.6 Å². The van der Waals surface area contributed by atoms with Crippen LogP contribution >= 0.6 is 0 Å². The second-order valence-electron chi connectivity index (χ2n) is 3.75. The Hall–Kier alpha value is -1.35. The lowest BCUT2D eigenvalue weighted by atomic mass is 9.71. The molecule has 0 heterocycles. The number of methoxy groups -OCH3 is 1. The molecule has 1 fully saturated rings. The van der Waals surface area contributed by atoms with Gasteiger partial charge in [0.2, 0.25) is 0 Å². The zero-order valence-corrected chi connectivity index (χ0v) is 8.12. The average molecular weight is 191 g/mol. The van der Waals surface area contributed by atoms with Gasteiger partial charge in [-0.25, -0.2) is 0 Å². The topological polar surface area (TPSA) is 52.3 Å². The lowest BCUT2D eigenvalue weighted by molar-refractivity contribution is -0.128. The molecule has 0 saturated heterocycles. The summed E-state index contributed by atoms with van der Waals surface area (Å²) in [4.78, 5) is 11.0. The Bertz CT molecular complexity index is 365. The summed E-state index contributed by atoms with van der Waals surface area (Å²) < 4.78 is 5.21. The van der Waals surface area contributed by atoms with Gasteiger partial charge in [-0.3, -0.25) is 4.79 Å². The Morgan fingerprint density at radius 1 is 1.36 bits per heavy atom. The van der Waals surface area contributed by atoms with Gasteiger partial charge in [0.25, 0.3) is 0 Å². The molecule has 0 bridgehead atoms. The van der Waals surface area contributed by atoms with Crippen LogP contribution in [0.5, 0.6) is 5.75 Å². The van der Waals surface area contributed by atoms with Crippen LogP contribution in [0.1, 0.15) is 18.4 Å². The lowest BCUT2D eigenvalue weighted by Crippen LogP contribution is -2.49. The fraction of sp³-hybridized carbons (Fsp3) is 0.364. The van der Waals surface area contributed by atoms with E-state index in [0.717, 1.165) is 11.3 Å². The highest BCUT2D eigenvalue weighted by Crippen LogP contribution is 2.40. The molecule has 2 rings (SSSR count). The van der Waals surface area contributed by atoms with Gasteiger partial charge in [-0.2, -0.15) is 0 Å². The summed E-state index contributed by atoms with van der Waals surface area (Å²) in [6, 6.07) is 7.60. The standard InChI is InChI=1S/C11H13NO2/c1-14-10-5-3-2-4-9(10)11(12)6-8(13)7-11/h2-5H,6-7,12H2,1H3. The SMILES string of the molecule is COc1ccccc1C1(N)CC(=O)C1. The van der Waals surface area contributed by atoms with Crippen molar-refractivity contribution in [1.82, 2.24) is 0 Å². The Balaban J connectivity index is 2.36. The van der Waals surface area contributed by atoms with E-state index in [0.29, 0.717) is 12.8 Å². The third-order valence-electron chi connectivity index (χ3n) is 2.67. The summed E-state index contributed by atoms with van der Waals surface area (Å²) in [5.41, 5.74) is 6.53. The highest BCUT2D eigenvalue weighted by Gasteiger charge is 2.42. The predicted octanol–water partition coefficient (Wildman–Crippen LogP) is 1.21. The monoisotopic (exact) mass is 191 g/mol. The van der Waals surface area contributed by atoms with Crippen LogP contribution in [-0.2, 0) is 10.3 Å². The number of ether oxygens (including phenoxy) is 1. The quantitative estimate of drug-likeness (QED) is 0.764. The summed E-state index contributed by atoms with van der Waals surface area (Å²) in [5.74, 6) is 0.987. The molecule has 74 valence electrons. The van der Waals surface area contributed by atoms with E-state index in [9.17, 15) is 4.79 Å². The number of rotatable bonds is 2.